The molecule has 0 radical (unpaired) electrons. The van der Waals surface area contributed by atoms with Crippen LogP contribution in [0.25, 0.3) is 10.2 Å². The summed E-state index contributed by atoms with van der Waals surface area (Å²) in [6, 6.07) is 2.90. The summed E-state index contributed by atoms with van der Waals surface area (Å²) in [5.74, 6) is -1.52. The summed E-state index contributed by atoms with van der Waals surface area (Å²) in [6.07, 6.45) is 0.599. The molecule has 3 aromatic rings. The first kappa shape index (κ1) is 24.8. The molecule has 0 bridgehead atoms. The molecule has 0 spiro atoms. The van der Waals surface area contributed by atoms with E-state index >= 15 is 0 Å². The zero-order valence-electron chi connectivity index (χ0n) is 18.3. The van der Waals surface area contributed by atoms with Crippen molar-refractivity contribution in [3.8, 4) is 0 Å². The Hall–Kier alpha value is -2.83. The van der Waals surface area contributed by atoms with Crippen LogP contribution < -0.4 is 10.9 Å². The average molecular weight is 495 g/mol. The van der Waals surface area contributed by atoms with E-state index in [0.717, 1.165) is 40.4 Å². The molecule has 0 fully saturated rings. The lowest BCUT2D eigenvalue weighted by Gasteiger charge is -2.12. The number of thioether (sulfide) groups is 1. The van der Waals surface area contributed by atoms with Crippen LogP contribution >= 0.6 is 23.1 Å². The van der Waals surface area contributed by atoms with Crippen LogP contribution in [0.4, 0.5) is 15.8 Å². The minimum atomic E-state index is -0.782. The highest BCUT2D eigenvalue weighted by molar-refractivity contribution is 7.99. The van der Waals surface area contributed by atoms with E-state index in [4.69, 9.17) is 4.74 Å². The third-order valence-corrected chi connectivity index (χ3v) is 6.97. The van der Waals surface area contributed by atoms with Crippen LogP contribution in [-0.4, -0.2) is 39.3 Å². The van der Waals surface area contributed by atoms with E-state index in [1.54, 1.807) is 0 Å². The van der Waals surface area contributed by atoms with Gasteiger partial charge in [-0.25, -0.2) is 9.37 Å². The molecule has 0 unspecified atom stereocenters. The normalized spacial score (nSPS) is 11.2. The lowest BCUT2D eigenvalue weighted by atomic mass is 10.2. The SMILES string of the molecule is CCOCCCn1c(SCC(=O)Nc2cc([N+](=O)[O-])ccc2F)nc2sc(C)c(C)c2c1=O. The zero-order valence-corrected chi connectivity index (χ0v) is 20.0. The van der Waals surface area contributed by atoms with E-state index in [9.17, 15) is 24.1 Å². The van der Waals surface area contributed by atoms with Crippen molar-refractivity contribution in [2.45, 2.75) is 38.9 Å². The number of nitro benzene ring substituents is 1. The van der Waals surface area contributed by atoms with Gasteiger partial charge in [-0.05, 0) is 38.8 Å². The number of aromatic nitrogens is 2. The van der Waals surface area contributed by atoms with E-state index in [0.29, 0.717) is 41.6 Å². The maximum atomic E-state index is 14.0. The lowest BCUT2D eigenvalue weighted by molar-refractivity contribution is -0.384. The number of thiophene rings is 1. The first-order valence-corrected chi connectivity index (χ1v) is 12.0. The Bertz CT molecular complexity index is 1260. The van der Waals surface area contributed by atoms with E-state index in [1.165, 1.54) is 15.9 Å². The molecule has 12 heteroatoms. The highest BCUT2D eigenvalue weighted by atomic mass is 32.2. The molecular weight excluding hydrogens is 471 g/mol. The molecule has 0 saturated heterocycles. The fraction of sp³-hybridized carbons (Fsp3) is 0.381. The number of anilines is 1. The van der Waals surface area contributed by atoms with Crippen LogP contribution in [-0.2, 0) is 16.1 Å². The molecule has 1 aromatic carbocycles. The Kier molecular flexibility index (Phi) is 8.16. The van der Waals surface area contributed by atoms with Crippen molar-refractivity contribution in [1.82, 2.24) is 9.55 Å². The second-order valence-electron chi connectivity index (χ2n) is 7.12. The molecule has 1 amide bonds. The van der Waals surface area contributed by atoms with Gasteiger partial charge in [-0.1, -0.05) is 11.8 Å². The number of aryl methyl sites for hydroxylation is 2. The molecule has 0 aliphatic carbocycles. The molecule has 2 aromatic heterocycles. The summed E-state index contributed by atoms with van der Waals surface area (Å²) < 4.78 is 20.9. The van der Waals surface area contributed by atoms with Crippen LogP contribution in [0.3, 0.4) is 0 Å². The van der Waals surface area contributed by atoms with Crippen molar-refractivity contribution < 1.29 is 18.8 Å². The monoisotopic (exact) mass is 494 g/mol. The number of hydrogen-bond acceptors (Lipinski definition) is 8. The van der Waals surface area contributed by atoms with Crippen molar-refractivity contribution in [3.05, 3.63) is 54.9 Å². The smallest absolute Gasteiger partial charge is 0.271 e. The van der Waals surface area contributed by atoms with Crippen molar-refractivity contribution >= 4 is 50.6 Å². The average Bonchev–Trinajstić information content (AvgIpc) is 3.06. The number of nitrogens with zero attached hydrogens (tertiary/aromatic N) is 3. The molecular formula is C21H23FN4O5S2. The van der Waals surface area contributed by atoms with Crippen LogP contribution in [0, 0.1) is 29.8 Å². The third kappa shape index (κ3) is 5.75. The number of non-ortho nitro benzene ring substituents is 1. The van der Waals surface area contributed by atoms with Gasteiger partial charge in [0.15, 0.2) is 5.16 Å². The Balaban J connectivity index is 1.82. The summed E-state index contributed by atoms with van der Waals surface area (Å²) in [4.78, 5) is 42.1. The van der Waals surface area contributed by atoms with Gasteiger partial charge in [-0.2, -0.15) is 0 Å². The fourth-order valence-electron chi connectivity index (χ4n) is 3.12. The van der Waals surface area contributed by atoms with Gasteiger partial charge in [0.1, 0.15) is 10.6 Å². The maximum absolute atomic E-state index is 14.0. The molecule has 1 N–H and O–H groups in total. The van der Waals surface area contributed by atoms with Gasteiger partial charge < -0.3 is 10.1 Å². The summed E-state index contributed by atoms with van der Waals surface area (Å²) >= 11 is 2.46. The van der Waals surface area contributed by atoms with Crippen LogP contribution in [0.5, 0.6) is 0 Å². The first-order valence-electron chi connectivity index (χ1n) is 10.2. The Labute approximate surface area is 197 Å². The third-order valence-electron chi connectivity index (χ3n) is 4.90. The van der Waals surface area contributed by atoms with Gasteiger partial charge in [0.05, 0.1) is 21.7 Å². The second kappa shape index (κ2) is 10.9. The van der Waals surface area contributed by atoms with E-state index < -0.39 is 16.6 Å². The quantitative estimate of drug-likeness (QED) is 0.147. The number of nitro groups is 1. The van der Waals surface area contributed by atoms with Gasteiger partial charge in [0, 0.05) is 36.8 Å². The number of benzene rings is 1. The van der Waals surface area contributed by atoms with E-state index in [2.05, 4.69) is 10.3 Å². The second-order valence-corrected chi connectivity index (χ2v) is 9.27. The Morgan fingerprint density at radius 3 is 2.85 bits per heavy atom. The van der Waals surface area contributed by atoms with E-state index in [-0.39, 0.29) is 22.7 Å². The molecule has 0 aliphatic rings. The molecule has 0 atom stereocenters. The molecule has 9 nitrogen and oxygen atoms in total. The van der Waals surface area contributed by atoms with Gasteiger partial charge >= 0.3 is 0 Å². The molecule has 0 saturated carbocycles. The van der Waals surface area contributed by atoms with E-state index in [1.807, 2.05) is 20.8 Å². The predicted molar refractivity (Wildman–Crippen MR) is 127 cm³/mol. The summed E-state index contributed by atoms with van der Waals surface area (Å²) in [6.45, 7) is 7.13. The predicted octanol–water partition coefficient (Wildman–Crippen LogP) is 4.28. The number of carbonyl (C=O) groups excluding carboxylic acids is 1. The van der Waals surface area contributed by atoms with Gasteiger partial charge in [-0.15, -0.1) is 11.3 Å². The first-order chi connectivity index (χ1) is 15.7. The van der Waals surface area contributed by atoms with Gasteiger partial charge in [-0.3, -0.25) is 24.3 Å². The standard InChI is InChI=1S/C21H23FN4O5S2/c1-4-31-9-5-8-25-20(28)18-12(2)13(3)33-19(18)24-21(25)32-11-17(27)23-16-10-14(26(29)30)6-7-15(16)22/h6-7,10H,4-5,8-9,11H2,1-3H3,(H,23,27). The maximum Gasteiger partial charge on any atom is 0.271 e. The largest absolute Gasteiger partial charge is 0.382 e. The number of halogens is 1. The highest BCUT2D eigenvalue weighted by Crippen LogP contribution is 2.29. The van der Waals surface area contributed by atoms with Crippen molar-refractivity contribution in [3.63, 3.8) is 0 Å². The molecule has 0 aliphatic heterocycles. The van der Waals surface area contributed by atoms with Crippen molar-refractivity contribution in [2.75, 3.05) is 24.3 Å². The molecule has 2 heterocycles. The Morgan fingerprint density at radius 1 is 1.39 bits per heavy atom. The van der Waals surface area contributed by atoms with Crippen molar-refractivity contribution in [2.24, 2.45) is 0 Å². The number of rotatable bonds is 10. The summed E-state index contributed by atoms with van der Waals surface area (Å²) in [5.41, 5.74) is 0.0994. The summed E-state index contributed by atoms with van der Waals surface area (Å²) in [5, 5.41) is 14.2. The highest BCUT2D eigenvalue weighted by Gasteiger charge is 2.18. The molecule has 3 rings (SSSR count). The number of amides is 1. The number of carbonyl (C=O) groups is 1. The summed E-state index contributed by atoms with van der Waals surface area (Å²) in [7, 11) is 0. The lowest BCUT2D eigenvalue weighted by Crippen LogP contribution is -2.25. The van der Waals surface area contributed by atoms with Crippen LogP contribution in [0.2, 0.25) is 0 Å². The minimum Gasteiger partial charge on any atom is -0.382 e. The Morgan fingerprint density at radius 2 is 2.15 bits per heavy atom. The van der Waals surface area contributed by atoms with Gasteiger partial charge in [0.2, 0.25) is 5.91 Å². The van der Waals surface area contributed by atoms with Gasteiger partial charge in [0.25, 0.3) is 11.2 Å². The van der Waals surface area contributed by atoms with Crippen LogP contribution in [0.1, 0.15) is 23.8 Å². The number of nitrogens with one attached hydrogen (secondary N) is 1. The minimum absolute atomic E-state index is 0.158. The zero-order chi connectivity index (χ0) is 24.1. The number of fused-ring (bicyclic) bond motifs is 1. The topological polar surface area (TPSA) is 116 Å². The number of hydrogen-bond donors (Lipinski definition) is 1. The number of ether oxygens (including phenoxy) is 1. The van der Waals surface area contributed by atoms with Crippen molar-refractivity contribution in [1.29, 1.82) is 0 Å². The van der Waals surface area contributed by atoms with Crippen LogP contribution in [0.15, 0.2) is 28.2 Å². The molecule has 176 valence electrons. The molecule has 33 heavy (non-hydrogen) atoms. The fourth-order valence-corrected chi connectivity index (χ4v) is 5.02.